The van der Waals surface area contributed by atoms with Crippen LogP contribution in [0.2, 0.25) is 0 Å². The van der Waals surface area contributed by atoms with E-state index >= 15 is 0 Å². The molecule has 2 aliphatic heterocycles. The molecule has 6 heteroatoms. The number of hydrogen-bond acceptors (Lipinski definition) is 3. The maximum atomic E-state index is 14.0. The van der Waals surface area contributed by atoms with E-state index in [0.717, 1.165) is 57.4 Å². The molecule has 2 aliphatic rings. The maximum absolute atomic E-state index is 14.0. The molecule has 0 saturated carbocycles. The Hall–Kier alpha value is -1.17. The van der Waals surface area contributed by atoms with Crippen LogP contribution in [0.3, 0.4) is 0 Å². The number of likely N-dealkylation sites (tertiary alicyclic amines) is 1. The Balaban J connectivity index is 0.00000225. The lowest BCUT2D eigenvalue weighted by Gasteiger charge is -2.37. The zero-order valence-corrected chi connectivity index (χ0v) is 15.7. The first-order valence-corrected chi connectivity index (χ1v) is 9.14. The molecule has 3 unspecified atom stereocenters. The molecular weight excluding hydrogens is 341 g/mol. The Kier molecular flexibility index (Phi) is 7.66. The summed E-state index contributed by atoms with van der Waals surface area (Å²) in [7, 11) is 0. The number of nitrogens with one attached hydrogen (secondary N) is 2. The predicted molar refractivity (Wildman–Crippen MR) is 100 cm³/mol. The quantitative estimate of drug-likeness (QED) is 0.838. The molecule has 0 aliphatic carbocycles. The van der Waals surface area contributed by atoms with Gasteiger partial charge in [-0.05, 0) is 57.7 Å². The lowest BCUT2D eigenvalue weighted by atomic mass is 9.95. The van der Waals surface area contributed by atoms with Gasteiger partial charge in [-0.25, -0.2) is 4.39 Å². The molecule has 0 radical (unpaired) electrons. The van der Waals surface area contributed by atoms with E-state index in [1.807, 2.05) is 12.1 Å². The van der Waals surface area contributed by atoms with Crippen molar-refractivity contribution in [2.75, 3.05) is 26.2 Å². The monoisotopic (exact) mass is 369 g/mol. The summed E-state index contributed by atoms with van der Waals surface area (Å²) in [6.07, 6.45) is 4.24. The van der Waals surface area contributed by atoms with Crippen molar-refractivity contribution in [1.82, 2.24) is 15.5 Å². The van der Waals surface area contributed by atoms with Crippen LogP contribution in [0.25, 0.3) is 0 Å². The molecule has 2 heterocycles. The van der Waals surface area contributed by atoms with Gasteiger partial charge in [-0.3, -0.25) is 9.69 Å². The molecule has 0 aromatic heterocycles. The van der Waals surface area contributed by atoms with Gasteiger partial charge >= 0.3 is 0 Å². The molecule has 3 rings (SSSR count). The van der Waals surface area contributed by atoms with Crippen LogP contribution in [-0.2, 0) is 4.79 Å². The maximum Gasteiger partial charge on any atom is 0.237 e. The fraction of sp³-hybridized carbons (Fsp3) is 0.632. The van der Waals surface area contributed by atoms with Crippen LogP contribution >= 0.6 is 12.4 Å². The lowest BCUT2D eigenvalue weighted by molar-refractivity contribution is -0.123. The fourth-order valence-corrected chi connectivity index (χ4v) is 3.90. The van der Waals surface area contributed by atoms with E-state index in [1.165, 1.54) is 6.07 Å². The number of halogens is 2. The van der Waals surface area contributed by atoms with Crippen molar-refractivity contribution in [1.29, 1.82) is 0 Å². The highest BCUT2D eigenvalue weighted by Gasteiger charge is 2.27. The van der Waals surface area contributed by atoms with Gasteiger partial charge in [-0.1, -0.05) is 18.2 Å². The van der Waals surface area contributed by atoms with E-state index in [9.17, 15) is 9.18 Å². The predicted octanol–water partition coefficient (Wildman–Crippen LogP) is 2.89. The highest BCUT2D eigenvalue weighted by Crippen LogP contribution is 2.27. The highest BCUT2D eigenvalue weighted by atomic mass is 35.5. The summed E-state index contributed by atoms with van der Waals surface area (Å²) in [5, 5.41) is 6.34. The molecule has 2 fully saturated rings. The van der Waals surface area contributed by atoms with Gasteiger partial charge in [-0.2, -0.15) is 0 Å². The normalized spacial score (nSPS) is 25.2. The third-order valence-corrected chi connectivity index (χ3v) is 5.40. The van der Waals surface area contributed by atoms with Gasteiger partial charge in [0.1, 0.15) is 5.82 Å². The van der Waals surface area contributed by atoms with Crippen LogP contribution in [0.5, 0.6) is 0 Å². The van der Waals surface area contributed by atoms with Crippen LogP contribution in [-0.4, -0.2) is 43.0 Å². The Labute approximate surface area is 156 Å². The van der Waals surface area contributed by atoms with E-state index in [1.54, 1.807) is 6.07 Å². The average Bonchev–Trinajstić information content (AvgIpc) is 3.14. The zero-order chi connectivity index (χ0) is 16.9. The third kappa shape index (κ3) is 5.16. The van der Waals surface area contributed by atoms with Crippen molar-refractivity contribution < 1.29 is 9.18 Å². The first-order valence-electron chi connectivity index (χ1n) is 9.14. The second-order valence-electron chi connectivity index (χ2n) is 7.09. The van der Waals surface area contributed by atoms with Gasteiger partial charge in [0.15, 0.2) is 0 Å². The summed E-state index contributed by atoms with van der Waals surface area (Å²) >= 11 is 0. The molecule has 4 nitrogen and oxygen atoms in total. The van der Waals surface area contributed by atoms with E-state index in [-0.39, 0.29) is 36.2 Å². The minimum absolute atomic E-state index is 0. The first-order chi connectivity index (χ1) is 11.6. The smallest absolute Gasteiger partial charge is 0.237 e. The summed E-state index contributed by atoms with van der Waals surface area (Å²) in [4.78, 5) is 14.5. The van der Waals surface area contributed by atoms with Crippen molar-refractivity contribution in [2.45, 2.75) is 44.7 Å². The summed E-state index contributed by atoms with van der Waals surface area (Å²) in [6, 6.07) is 7.09. The lowest BCUT2D eigenvalue weighted by Crippen LogP contribution is -2.46. The Morgan fingerprint density at radius 3 is 2.88 bits per heavy atom. The SMILES string of the molecule is CC(c1ccccc1F)N1CCCC(CNC(=O)C2CCCN2)C1.Cl. The fourth-order valence-electron chi connectivity index (χ4n) is 3.90. The van der Waals surface area contributed by atoms with Crippen molar-refractivity contribution in [3.63, 3.8) is 0 Å². The number of piperidine rings is 1. The number of hydrogen-bond donors (Lipinski definition) is 2. The van der Waals surface area contributed by atoms with Crippen LogP contribution in [0, 0.1) is 11.7 Å². The van der Waals surface area contributed by atoms with Crippen LogP contribution in [0.15, 0.2) is 24.3 Å². The minimum atomic E-state index is -0.132. The highest BCUT2D eigenvalue weighted by molar-refractivity contribution is 5.85. The number of carbonyl (C=O) groups excluding carboxylic acids is 1. The number of benzene rings is 1. The molecular formula is C19H29ClFN3O. The van der Waals surface area contributed by atoms with Crippen molar-refractivity contribution in [3.05, 3.63) is 35.6 Å². The summed E-state index contributed by atoms with van der Waals surface area (Å²) in [5.74, 6) is 0.442. The molecule has 0 spiro atoms. The van der Waals surface area contributed by atoms with E-state index in [0.29, 0.717) is 5.92 Å². The molecule has 2 N–H and O–H groups in total. The summed E-state index contributed by atoms with van der Waals surface area (Å²) in [5.41, 5.74) is 0.761. The molecule has 1 aromatic carbocycles. The third-order valence-electron chi connectivity index (χ3n) is 5.40. The van der Waals surface area contributed by atoms with Crippen LogP contribution in [0.1, 0.15) is 44.2 Å². The molecule has 2 saturated heterocycles. The largest absolute Gasteiger partial charge is 0.354 e. The summed E-state index contributed by atoms with van der Waals surface area (Å²) in [6.45, 7) is 5.63. The van der Waals surface area contributed by atoms with E-state index in [2.05, 4.69) is 22.5 Å². The van der Waals surface area contributed by atoms with Gasteiger partial charge in [0.2, 0.25) is 5.91 Å². The van der Waals surface area contributed by atoms with Gasteiger partial charge in [-0.15, -0.1) is 12.4 Å². The second kappa shape index (κ2) is 9.51. The zero-order valence-electron chi connectivity index (χ0n) is 14.8. The van der Waals surface area contributed by atoms with Crippen molar-refractivity contribution in [2.24, 2.45) is 5.92 Å². The molecule has 1 aromatic rings. The molecule has 3 atom stereocenters. The van der Waals surface area contributed by atoms with E-state index in [4.69, 9.17) is 0 Å². The Bertz CT molecular complexity index is 565. The van der Waals surface area contributed by atoms with E-state index < -0.39 is 0 Å². The number of amides is 1. The minimum Gasteiger partial charge on any atom is -0.354 e. The van der Waals surface area contributed by atoms with Gasteiger partial charge in [0.05, 0.1) is 6.04 Å². The topological polar surface area (TPSA) is 44.4 Å². The van der Waals surface area contributed by atoms with Crippen LogP contribution < -0.4 is 10.6 Å². The second-order valence-corrected chi connectivity index (χ2v) is 7.09. The first kappa shape index (κ1) is 20.1. The van der Waals surface area contributed by atoms with Crippen LogP contribution in [0.4, 0.5) is 4.39 Å². The standard InChI is InChI=1S/C19H28FN3O.ClH/c1-14(16-7-2-3-8-17(16)20)23-11-5-6-15(13-23)12-22-19(24)18-9-4-10-21-18;/h2-3,7-8,14-15,18,21H,4-6,9-13H2,1H3,(H,22,24);1H. The van der Waals surface area contributed by atoms with Gasteiger partial charge in [0.25, 0.3) is 0 Å². The molecule has 140 valence electrons. The number of carbonyl (C=O) groups is 1. The average molecular weight is 370 g/mol. The molecule has 0 bridgehead atoms. The molecule has 25 heavy (non-hydrogen) atoms. The van der Waals surface area contributed by atoms with Gasteiger partial charge in [0, 0.05) is 24.7 Å². The number of nitrogens with zero attached hydrogens (tertiary/aromatic N) is 1. The number of rotatable bonds is 5. The van der Waals surface area contributed by atoms with Crippen molar-refractivity contribution >= 4 is 18.3 Å². The summed E-state index contributed by atoms with van der Waals surface area (Å²) < 4.78 is 14.0. The Morgan fingerprint density at radius 2 is 2.16 bits per heavy atom. The molecule has 1 amide bonds. The Morgan fingerprint density at radius 1 is 1.36 bits per heavy atom. The van der Waals surface area contributed by atoms with Gasteiger partial charge < -0.3 is 10.6 Å². The van der Waals surface area contributed by atoms with Crippen molar-refractivity contribution in [3.8, 4) is 0 Å².